The van der Waals surface area contributed by atoms with Gasteiger partial charge in [0.05, 0.1) is 13.2 Å². The maximum absolute atomic E-state index is 11.3. The molecule has 1 aromatic rings. The Labute approximate surface area is 106 Å². The van der Waals surface area contributed by atoms with Gasteiger partial charge < -0.3 is 19.9 Å². The van der Waals surface area contributed by atoms with Crippen molar-refractivity contribution in [3.05, 3.63) is 17.7 Å². The third kappa shape index (κ3) is 2.67. The largest absolute Gasteiger partial charge is 0.489 e. The number of carbonyl (C=O) groups is 1. The molecule has 98 valence electrons. The van der Waals surface area contributed by atoms with Crippen LogP contribution < -0.4 is 14.8 Å². The van der Waals surface area contributed by atoms with Gasteiger partial charge in [-0.1, -0.05) is 0 Å². The maximum Gasteiger partial charge on any atom is 0.339 e. The van der Waals surface area contributed by atoms with Crippen LogP contribution in [-0.2, 0) is 0 Å². The first-order valence-corrected chi connectivity index (χ1v) is 6.01. The van der Waals surface area contributed by atoms with Crippen LogP contribution in [0.15, 0.2) is 12.1 Å². The quantitative estimate of drug-likeness (QED) is 0.863. The Morgan fingerprint density at radius 3 is 2.72 bits per heavy atom. The molecule has 1 aliphatic rings. The second-order valence-electron chi connectivity index (χ2n) is 4.51. The predicted octanol–water partition coefficient (Wildman–Crippen LogP) is 2.37. The van der Waals surface area contributed by atoms with E-state index in [-0.39, 0.29) is 11.6 Å². The molecule has 2 rings (SSSR count). The highest BCUT2D eigenvalue weighted by atomic mass is 16.5. The van der Waals surface area contributed by atoms with E-state index in [9.17, 15) is 9.90 Å². The van der Waals surface area contributed by atoms with Crippen molar-refractivity contribution >= 4 is 11.7 Å². The van der Waals surface area contributed by atoms with Crippen molar-refractivity contribution in [2.45, 2.75) is 26.3 Å². The summed E-state index contributed by atoms with van der Waals surface area (Å²) < 4.78 is 11.0. The number of aromatic carboxylic acids is 1. The smallest absolute Gasteiger partial charge is 0.339 e. The normalized spacial score (nSPS) is 14.2. The van der Waals surface area contributed by atoms with E-state index in [1.54, 1.807) is 12.1 Å². The monoisotopic (exact) mass is 251 g/mol. The van der Waals surface area contributed by atoms with Crippen LogP contribution >= 0.6 is 0 Å². The first kappa shape index (κ1) is 12.5. The fourth-order valence-electron chi connectivity index (χ4n) is 1.85. The lowest BCUT2D eigenvalue weighted by atomic mass is 10.1. The number of carboxylic acids is 1. The molecule has 1 heterocycles. The minimum absolute atomic E-state index is 0.137. The van der Waals surface area contributed by atoms with Crippen LogP contribution in [0.1, 0.15) is 30.6 Å². The van der Waals surface area contributed by atoms with Gasteiger partial charge in [-0.3, -0.25) is 0 Å². The molecular formula is C13H17NO4. The predicted molar refractivity (Wildman–Crippen MR) is 67.8 cm³/mol. The zero-order chi connectivity index (χ0) is 13.1. The van der Waals surface area contributed by atoms with Gasteiger partial charge in [-0.2, -0.15) is 0 Å². The minimum atomic E-state index is -1.01. The van der Waals surface area contributed by atoms with E-state index < -0.39 is 5.97 Å². The van der Waals surface area contributed by atoms with Crippen molar-refractivity contribution < 1.29 is 19.4 Å². The second-order valence-corrected chi connectivity index (χ2v) is 4.51. The zero-order valence-electron chi connectivity index (χ0n) is 10.5. The van der Waals surface area contributed by atoms with Crippen LogP contribution in [0.4, 0.5) is 5.69 Å². The van der Waals surface area contributed by atoms with Gasteiger partial charge in [-0.25, -0.2) is 4.79 Å². The third-order valence-corrected chi connectivity index (χ3v) is 2.53. The van der Waals surface area contributed by atoms with Crippen LogP contribution in [0.25, 0.3) is 0 Å². The summed E-state index contributed by atoms with van der Waals surface area (Å²) >= 11 is 0. The molecule has 5 nitrogen and oxygen atoms in total. The fraction of sp³-hybridized carbons (Fsp3) is 0.462. The molecule has 0 radical (unpaired) electrons. The lowest BCUT2D eigenvalue weighted by Crippen LogP contribution is -2.11. The standard InChI is InChI=1S/C13H17NO4/c1-8(2)14-9-6-10(13(15)16)12-11(7-9)17-4-3-5-18-12/h6-8,14H,3-5H2,1-2H3,(H,15,16). The molecule has 0 unspecified atom stereocenters. The van der Waals surface area contributed by atoms with E-state index in [1.165, 1.54) is 0 Å². The SMILES string of the molecule is CC(C)Nc1cc2c(c(C(=O)O)c1)OCCCO2. The van der Waals surface area contributed by atoms with E-state index in [2.05, 4.69) is 5.32 Å². The Balaban J connectivity index is 2.45. The first-order chi connectivity index (χ1) is 8.58. The second kappa shape index (κ2) is 5.16. The van der Waals surface area contributed by atoms with Crippen molar-refractivity contribution in [2.75, 3.05) is 18.5 Å². The molecule has 0 bridgehead atoms. The lowest BCUT2D eigenvalue weighted by molar-refractivity contribution is 0.0692. The van der Waals surface area contributed by atoms with Crippen LogP contribution in [0.3, 0.4) is 0 Å². The summed E-state index contributed by atoms with van der Waals surface area (Å²) in [6.07, 6.45) is 0.751. The van der Waals surface area contributed by atoms with Gasteiger partial charge >= 0.3 is 5.97 Å². The molecule has 1 aromatic carbocycles. The zero-order valence-corrected chi connectivity index (χ0v) is 10.5. The van der Waals surface area contributed by atoms with Crippen molar-refractivity contribution in [1.29, 1.82) is 0 Å². The van der Waals surface area contributed by atoms with E-state index in [0.29, 0.717) is 24.7 Å². The molecule has 1 aliphatic heterocycles. The molecule has 0 atom stereocenters. The minimum Gasteiger partial charge on any atom is -0.489 e. The molecule has 2 N–H and O–H groups in total. The summed E-state index contributed by atoms with van der Waals surface area (Å²) in [6.45, 7) is 4.99. The van der Waals surface area contributed by atoms with Gasteiger partial charge in [-0.15, -0.1) is 0 Å². The molecule has 0 fully saturated rings. The fourth-order valence-corrected chi connectivity index (χ4v) is 1.85. The molecule has 0 saturated heterocycles. The van der Waals surface area contributed by atoms with Gasteiger partial charge in [0.25, 0.3) is 0 Å². The molecule has 5 heteroatoms. The topological polar surface area (TPSA) is 67.8 Å². The summed E-state index contributed by atoms with van der Waals surface area (Å²) in [5.41, 5.74) is 0.865. The highest BCUT2D eigenvalue weighted by Gasteiger charge is 2.21. The Morgan fingerprint density at radius 2 is 2.06 bits per heavy atom. The average Bonchev–Trinajstić information content (AvgIpc) is 2.51. The summed E-state index contributed by atoms with van der Waals surface area (Å²) in [4.78, 5) is 11.3. The maximum atomic E-state index is 11.3. The van der Waals surface area contributed by atoms with Crippen molar-refractivity contribution in [3.8, 4) is 11.5 Å². The van der Waals surface area contributed by atoms with Crippen LogP contribution in [-0.4, -0.2) is 30.3 Å². The number of fused-ring (bicyclic) bond motifs is 1. The number of hydrogen-bond donors (Lipinski definition) is 2. The van der Waals surface area contributed by atoms with Gasteiger partial charge in [0.1, 0.15) is 5.56 Å². The summed E-state index contributed by atoms with van der Waals surface area (Å²) in [5, 5.41) is 12.4. The van der Waals surface area contributed by atoms with Gasteiger partial charge in [-0.05, 0) is 19.9 Å². The number of nitrogens with one attached hydrogen (secondary N) is 1. The summed E-state index contributed by atoms with van der Waals surface area (Å²) in [5.74, 6) is -0.186. The van der Waals surface area contributed by atoms with Crippen molar-refractivity contribution in [3.63, 3.8) is 0 Å². The molecule has 0 amide bonds. The number of ether oxygens (including phenoxy) is 2. The highest BCUT2D eigenvalue weighted by Crippen LogP contribution is 2.36. The molecule has 0 aliphatic carbocycles. The van der Waals surface area contributed by atoms with Gasteiger partial charge in [0.15, 0.2) is 11.5 Å². The van der Waals surface area contributed by atoms with E-state index >= 15 is 0 Å². The molecular weight excluding hydrogens is 234 g/mol. The van der Waals surface area contributed by atoms with Crippen LogP contribution in [0, 0.1) is 0 Å². The van der Waals surface area contributed by atoms with Crippen molar-refractivity contribution in [1.82, 2.24) is 0 Å². The van der Waals surface area contributed by atoms with E-state index in [0.717, 1.165) is 12.1 Å². The lowest BCUT2D eigenvalue weighted by Gasteiger charge is -2.15. The Bertz CT molecular complexity index is 457. The third-order valence-electron chi connectivity index (χ3n) is 2.53. The first-order valence-electron chi connectivity index (χ1n) is 6.01. The molecule has 18 heavy (non-hydrogen) atoms. The van der Waals surface area contributed by atoms with Gasteiger partial charge in [0.2, 0.25) is 0 Å². The van der Waals surface area contributed by atoms with Crippen molar-refractivity contribution in [2.24, 2.45) is 0 Å². The Hall–Kier alpha value is -1.91. The average molecular weight is 251 g/mol. The summed E-state index contributed by atoms with van der Waals surface area (Å²) in [7, 11) is 0. The van der Waals surface area contributed by atoms with Gasteiger partial charge in [0, 0.05) is 24.2 Å². The number of hydrogen-bond acceptors (Lipinski definition) is 4. The number of rotatable bonds is 3. The Kier molecular flexibility index (Phi) is 3.60. The Morgan fingerprint density at radius 1 is 1.33 bits per heavy atom. The molecule has 0 aromatic heterocycles. The molecule has 0 saturated carbocycles. The number of anilines is 1. The van der Waals surface area contributed by atoms with E-state index in [1.807, 2.05) is 13.8 Å². The van der Waals surface area contributed by atoms with E-state index in [4.69, 9.17) is 9.47 Å². The highest BCUT2D eigenvalue weighted by molar-refractivity contribution is 5.93. The number of benzene rings is 1. The van der Waals surface area contributed by atoms with Crippen LogP contribution in [0.2, 0.25) is 0 Å². The number of carboxylic acid groups (broad SMARTS) is 1. The summed E-state index contributed by atoms with van der Waals surface area (Å²) in [6, 6.07) is 3.58. The van der Waals surface area contributed by atoms with Crippen LogP contribution in [0.5, 0.6) is 11.5 Å². The molecule has 0 spiro atoms.